The van der Waals surface area contributed by atoms with E-state index in [0.717, 1.165) is 33.2 Å². The second kappa shape index (κ2) is 9.68. The molecule has 0 radical (unpaired) electrons. The van der Waals surface area contributed by atoms with E-state index in [2.05, 4.69) is 30.9 Å². The van der Waals surface area contributed by atoms with E-state index >= 15 is 0 Å². The Morgan fingerprint density at radius 3 is 2.68 bits per heavy atom. The van der Waals surface area contributed by atoms with Crippen molar-refractivity contribution in [3.63, 3.8) is 0 Å². The molecule has 1 aliphatic heterocycles. The largest absolute Gasteiger partial charge is 0.454 e. The Kier molecular flexibility index (Phi) is 7.20. The van der Waals surface area contributed by atoms with Gasteiger partial charge in [0.1, 0.15) is 0 Å². The van der Waals surface area contributed by atoms with Crippen LogP contribution in [0.15, 0.2) is 36.4 Å². The summed E-state index contributed by atoms with van der Waals surface area (Å²) in [6.07, 6.45) is 3.40. The van der Waals surface area contributed by atoms with Crippen LogP contribution in [0.2, 0.25) is 0 Å². The molecule has 1 aromatic heterocycles. The van der Waals surface area contributed by atoms with Gasteiger partial charge in [-0.25, -0.2) is 4.98 Å². The highest BCUT2D eigenvalue weighted by atomic mass is 35.5. The zero-order chi connectivity index (χ0) is 21.3. The van der Waals surface area contributed by atoms with E-state index in [-0.39, 0.29) is 25.1 Å². The molecule has 1 aliphatic rings. The number of thiazole rings is 1. The number of aromatic nitrogens is 1. The van der Waals surface area contributed by atoms with Crippen molar-refractivity contribution in [2.24, 2.45) is 0 Å². The third-order valence-corrected chi connectivity index (χ3v) is 6.12. The molecule has 0 aliphatic carbocycles. The molecule has 0 spiro atoms. The summed E-state index contributed by atoms with van der Waals surface area (Å²) in [5.74, 6) is 1.33. The van der Waals surface area contributed by atoms with Crippen molar-refractivity contribution < 1.29 is 14.3 Å². The number of carbonyl (C=O) groups is 1. The number of nitrogens with zero attached hydrogens (tertiary/aromatic N) is 3. The summed E-state index contributed by atoms with van der Waals surface area (Å²) >= 11 is 1.56. The zero-order valence-corrected chi connectivity index (χ0v) is 19.7. The lowest BCUT2D eigenvalue weighted by molar-refractivity contribution is -0.114. The summed E-state index contributed by atoms with van der Waals surface area (Å²) in [6, 6.07) is 9.86. The lowest BCUT2D eigenvalue weighted by Gasteiger charge is -2.20. The molecule has 4 rings (SSSR count). The molecule has 6 nitrogen and oxygen atoms in total. The van der Waals surface area contributed by atoms with Gasteiger partial charge in [0.2, 0.25) is 6.79 Å². The molecular formula is C23H26ClN3O3S. The Labute approximate surface area is 192 Å². The van der Waals surface area contributed by atoms with Crippen LogP contribution in [0.25, 0.3) is 16.3 Å². The van der Waals surface area contributed by atoms with Crippen molar-refractivity contribution in [2.75, 3.05) is 38.9 Å². The average molecular weight is 460 g/mol. The van der Waals surface area contributed by atoms with E-state index in [4.69, 9.17) is 14.5 Å². The van der Waals surface area contributed by atoms with Gasteiger partial charge in [0.15, 0.2) is 16.6 Å². The number of carbonyl (C=O) groups excluding carboxylic acids is 1. The molecule has 1 amide bonds. The van der Waals surface area contributed by atoms with Gasteiger partial charge >= 0.3 is 0 Å². The van der Waals surface area contributed by atoms with Crippen molar-refractivity contribution in [1.29, 1.82) is 0 Å². The van der Waals surface area contributed by atoms with Crippen LogP contribution in [0.4, 0.5) is 5.13 Å². The maximum atomic E-state index is 13.1. The molecule has 0 bridgehead atoms. The average Bonchev–Trinajstić information content (AvgIpc) is 3.32. The number of ether oxygens (including phenoxy) is 2. The fraction of sp³-hybridized carbons (Fsp3) is 0.304. The van der Waals surface area contributed by atoms with E-state index in [0.29, 0.717) is 12.3 Å². The van der Waals surface area contributed by atoms with Gasteiger partial charge in [0.05, 0.1) is 10.2 Å². The predicted octanol–water partition coefficient (Wildman–Crippen LogP) is 4.67. The van der Waals surface area contributed by atoms with Crippen LogP contribution < -0.4 is 14.4 Å². The molecule has 2 aromatic carbocycles. The summed E-state index contributed by atoms with van der Waals surface area (Å²) in [5.41, 5.74) is 4.18. The Morgan fingerprint density at radius 1 is 1.13 bits per heavy atom. The molecule has 3 aromatic rings. The van der Waals surface area contributed by atoms with Gasteiger partial charge in [0.25, 0.3) is 5.91 Å². The van der Waals surface area contributed by atoms with Crippen molar-refractivity contribution in [1.82, 2.24) is 9.88 Å². The fourth-order valence-electron chi connectivity index (χ4n) is 3.35. The molecule has 8 heteroatoms. The first-order valence-corrected chi connectivity index (χ1v) is 10.6. The summed E-state index contributed by atoms with van der Waals surface area (Å²) < 4.78 is 11.9. The smallest absolute Gasteiger partial charge is 0.252 e. The second-order valence-corrected chi connectivity index (χ2v) is 8.64. The highest BCUT2D eigenvalue weighted by Gasteiger charge is 2.19. The van der Waals surface area contributed by atoms with E-state index in [1.165, 1.54) is 11.1 Å². The maximum Gasteiger partial charge on any atom is 0.252 e. The highest BCUT2D eigenvalue weighted by molar-refractivity contribution is 7.22. The number of anilines is 1. The first-order valence-electron chi connectivity index (χ1n) is 9.82. The molecule has 0 fully saturated rings. The maximum absolute atomic E-state index is 13.1. The lowest BCUT2D eigenvalue weighted by Crippen LogP contribution is -2.35. The summed E-state index contributed by atoms with van der Waals surface area (Å²) in [4.78, 5) is 21.7. The number of hydrogen-bond donors (Lipinski definition) is 0. The number of aryl methyl sites for hydroxylation is 2. The van der Waals surface area contributed by atoms with E-state index < -0.39 is 0 Å². The van der Waals surface area contributed by atoms with E-state index in [9.17, 15) is 4.79 Å². The van der Waals surface area contributed by atoms with Crippen LogP contribution in [0.5, 0.6) is 11.5 Å². The van der Waals surface area contributed by atoms with Crippen molar-refractivity contribution in [3.8, 4) is 11.5 Å². The quantitative estimate of drug-likeness (QED) is 0.501. The van der Waals surface area contributed by atoms with Gasteiger partial charge in [-0.15, -0.1) is 12.4 Å². The Bertz CT molecular complexity index is 1130. The number of benzene rings is 2. The van der Waals surface area contributed by atoms with Gasteiger partial charge in [-0.2, -0.15) is 0 Å². The minimum Gasteiger partial charge on any atom is -0.454 e. The number of hydrogen-bond acceptors (Lipinski definition) is 6. The zero-order valence-electron chi connectivity index (χ0n) is 18.0. The third-order valence-electron chi connectivity index (χ3n) is 4.89. The summed E-state index contributed by atoms with van der Waals surface area (Å²) in [6.45, 7) is 5.69. The molecule has 0 unspecified atom stereocenters. The number of likely N-dealkylation sites (N-methyl/N-ethyl adjacent to an activating group) is 1. The third kappa shape index (κ3) is 5.18. The van der Waals surface area contributed by atoms with Crippen LogP contribution >= 0.6 is 23.7 Å². The molecule has 2 heterocycles. The first-order chi connectivity index (χ1) is 14.4. The lowest BCUT2D eigenvalue weighted by atomic mass is 10.1. The van der Waals surface area contributed by atoms with Gasteiger partial charge in [-0.05, 0) is 68.9 Å². The number of fused-ring (bicyclic) bond motifs is 2. The van der Waals surface area contributed by atoms with Crippen molar-refractivity contribution >= 4 is 51.1 Å². The van der Waals surface area contributed by atoms with Crippen LogP contribution in [-0.2, 0) is 4.79 Å². The second-order valence-electron chi connectivity index (χ2n) is 7.67. The molecule has 0 saturated heterocycles. The normalized spacial score (nSPS) is 12.5. The van der Waals surface area contributed by atoms with Crippen LogP contribution in [0, 0.1) is 13.8 Å². The fourth-order valence-corrected chi connectivity index (χ4v) is 4.40. The summed E-state index contributed by atoms with van der Waals surface area (Å²) in [5, 5.41) is 0.723. The minimum absolute atomic E-state index is 0. The van der Waals surface area contributed by atoms with Crippen LogP contribution in [0.3, 0.4) is 0 Å². The minimum atomic E-state index is -0.0945. The Balaban J connectivity index is 0.00000272. The molecule has 31 heavy (non-hydrogen) atoms. The van der Waals surface area contributed by atoms with Gasteiger partial charge in [0, 0.05) is 19.2 Å². The van der Waals surface area contributed by atoms with E-state index in [1.807, 2.05) is 32.3 Å². The van der Waals surface area contributed by atoms with E-state index in [1.54, 1.807) is 28.4 Å². The monoisotopic (exact) mass is 459 g/mol. The van der Waals surface area contributed by atoms with Gasteiger partial charge in [-0.3, -0.25) is 9.69 Å². The summed E-state index contributed by atoms with van der Waals surface area (Å²) in [7, 11) is 3.99. The molecule has 0 saturated carbocycles. The van der Waals surface area contributed by atoms with Crippen molar-refractivity contribution in [3.05, 3.63) is 53.1 Å². The number of amides is 1. The molecule has 0 atom stereocenters. The Morgan fingerprint density at radius 2 is 1.90 bits per heavy atom. The van der Waals surface area contributed by atoms with Crippen molar-refractivity contribution in [2.45, 2.75) is 13.8 Å². The van der Waals surface area contributed by atoms with Crippen LogP contribution in [0.1, 0.15) is 16.7 Å². The SMILES string of the molecule is Cc1cc(C)c2sc(N(CCN(C)C)C(=O)C=Cc3ccc4c(c3)OCO4)nc2c1.Cl. The standard InChI is InChI=1S/C23H25N3O3S.ClH/c1-15-11-16(2)22-18(12-15)24-23(30-22)26(10-9-25(3)4)21(27)8-6-17-5-7-19-20(13-17)29-14-28-19;/h5-8,11-13H,9-10,14H2,1-4H3;1H. The first kappa shape index (κ1) is 23.1. The molecule has 0 N–H and O–H groups in total. The van der Waals surface area contributed by atoms with Gasteiger partial charge < -0.3 is 14.4 Å². The molecular weight excluding hydrogens is 434 g/mol. The predicted molar refractivity (Wildman–Crippen MR) is 129 cm³/mol. The number of rotatable bonds is 6. The Hall–Kier alpha value is -2.61. The highest BCUT2D eigenvalue weighted by Crippen LogP contribution is 2.34. The van der Waals surface area contributed by atoms with Crippen LogP contribution in [-0.4, -0.2) is 49.8 Å². The topological polar surface area (TPSA) is 54.9 Å². The van der Waals surface area contributed by atoms with Gasteiger partial charge in [-0.1, -0.05) is 23.5 Å². The number of halogens is 1. The molecule has 164 valence electrons.